The van der Waals surface area contributed by atoms with E-state index in [0.29, 0.717) is 17.3 Å². The van der Waals surface area contributed by atoms with E-state index in [4.69, 9.17) is 14.6 Å². The molecule has 0 saturated heterocycles. The van der Waals surface area contributed by atoms with Gasteiger partial charge in [0.05, 0.1) is 5.56 Å². The lowest BCUT2D eigenvalue weighted by atomic mass is 10.1. The lowest BCUT2D eigenvalue weighted by Gasteiger charge is -2.13. The molecule has 0 heterocycles. The van der Waals surface area contributed by atoms with Crippen molar-refractivity contribution in [3.63, 3.8) is 0 Å². The van der Waals surface area contributed by atoms with E-state index in [-0.39, 0.29) is 18.8 Å². The van der Waals surface area contributed by atoms with Gasteiger partial charge in [-0.3, -0.25) is 0 Å². The van der Waals surface area contributed by atoms with Gasteiger partial charge in [0.15, 0.2) is 6.61 Å². The maximum Gasteiger partial charge on any atom is 0.419 e. The lowest BCUT2D eigenvalue weighted by Crippen LogP contribution is -2.10. The van der Waals surface area contributed by atoms with Gasteiger partial charge in [0, 0.05) is 10.6 Å². The number of carbonyl (C=O) groups is 1. The maximum absolute atomic E-state index is 13.4. The molecule has 0 saturated carbocycles. The number of hydrogen-bond acceptors (Lipinski definition) is 4. The van der Waals surface area contributed by atoms with Crippen molar-refractivity contribution in [3.8, 4) is 11.5 Å². The summed E-state index contributed by atoms with van der Waals surface area (Å²) in [7, 11) is 0. The molecule has 3 aromatic rings. The fourth-order valence-electron chi connectivity index (χ4n) is 3.94. The molecule has 3 aromatic carbocycles. The third-order valence-electron chi connectivity index (χ3n) is 5.61. The molecule has 0 amide bonds. The van der Waals surface area contributed by atoms with Gasteiger partial charge in [0.1, 0.15) is 23.9 Å². The van der Waals surface area contributed by atoms with Crippen molar-refractivity contribution in [2.45, 2.75) is 42.7 Å². The van der Waals surface area contributed by atoms with Crippen LogP contribution in [0.15, 0.2) is 59.5 Å². The van der Waals surface area contributed by atoms with E-state index in [1.807, 2.05) is 24.3 Å². The molecule has 1 N–H and O–H groups in total. The Bertz CT molecular complexity index is 1210. The first-order chi connectivity index (χ1) is 16.7. The van der Waals surface area contributed by atoms with Gasteiger partial charge >= 0.3 is 12.1 Å². The van der Waals surface area contributed by atoms with Gasteiger partial charge in [0.2, 0.25) is 0 Å². The molecule has 35 heavy (non-hydrogen) atoms. The summed E-state index contributed by atoms with van der Waals surface area (Å²) >= 11 is 1.68. The van der Waals surface area contributed by atoms with Crippen LogP contribution in [-0.2, 0) is 36.2 Å². The van der Waals surface area contributed by atoms with Crippen LogP contribution in [0.4, 0.5) is 17.6 Å². The van der Waals surface area contributed by atoms with Crippen LogP contribution in [0.2, 0.25) is 0 Å². The van der Waals surface area contributed by atoms with Crippen LogP contribution in [-0.4, -0.2) is 17.7 Å². The number of benzene rings is 3. The molecule has 4 rings (SSSR count). The largest absolute Gasteiger partial charge is 0.489 e. The normalized spacial score (nSPS) is 12.9. The first-order valence-corrected chi connectivity index (χ1v) is 11.9. The Morgan fingerprint density at radius 1 is 0.943 bits per heavy atom. The minimum Gasteiger partial charge on any atom is -0.489 e. The molecule has 0 atom stereocenters. The van der Waals surface area contributed by atoms with Crippen molar-refractivity contribution < 1.29 is 36.9 Å². The number of halogens is 4. The quantitative estimate of drug-likeness (QED) is 0.260. The number of ether oxygens (including phenoxy) is 2. The Hall–Kier alpha value is -3.20. The van der Waals surface area contributed by atoms with E-state index in [2.05, 4.69) is 0 Å². The Kier molecular flexibility index (Phi) is 7.54. The zero-order valence-electron chi connectivity index (χ0n) is 18.5. The maximum atomic E-state index is 13.4. The molecule has 0 spiro atoms. The standard InChI is InChI=1S/C26H22F4O4S/c27-22-9-6-17(12-21(22)26(28,29)30)13-33-18-7-4-16(5-8-18)15-35-24-11-10-23(34-14-25(31)32)19-2-1-3-20(19)24/h4-12H,1-3,13-15H2,(H,31,32). The van der Waals surface area contributed by atoms with Crippen LogP contribution in [0.3, 0.4) is 0 Å². The van der Waals surface area contributed by atoms with Crippen molar-refractivity contribution >= 4 is 17.7 Å². The fourth-order valence-corrected chi connectivity index (χ4v) is 5.02. The van der Waals surface area contributed by atoms with E-state index in [1.54, 1.807) is 23.9 Å². The second kappa shape index (κ2) is 10.6. The number of hydrogen-bond donors (Lipinski definition) is 1. The molecule has 0 unspecified atom stereocenters. The van der Waals surface area contributed by atoms with Gasteiger partial charge in [-0.2, -0.15) is 13.2 Å². The third-order valence-corrected chi connectivity index (χ3v) is 6.78. The van der Waals surface area contributed by atoms with Gasteiger partial charge in [-0.1, -0.05) is 18.2 Å². The Balaban J connectivity index is 1.35. The first-order valence-electron chi connectivity index (χ1n) is 10.9. The summed E-state index contributed by atoms with van der Waals surface area (Å²) in [5, 5.41) is 8.86. The SMILES string of the molecule is O=C(O)COc1ccc(SCc2ccc(OCc3ccc(F)c(C(F)(F)F)c3)cc2)c2c1CCC2. The highest BCUT2D eigenvalue weighted by atomic mass is 32.2. The molecule has 0 fully saturated rings. The predicted molar refractivity (Wildman–Crippen MR) is 123 cm³/mol. The Morgan fingerprint density at radius 3 is 2.37 bits per heavy atom. The lowest BCUT2D eigenvalue weighted by molar-refractivity contribution is -0.140. The second-order valence-corrected chi connectivity index (χ2v) is 9.11. The van der Waals surface area contributed by atoms with Crippen LogP contribution < -0.4 is 9.47 Å². The van der Waals surface area contributed by atoms with Crippen LogP contribution in [0.25, 0.3) is 0 Å². The van der Waals surface area contributed by atoms with Crippen molar-refractivity contribution in [2.24, 2.45) is 0 Å². The topological polar surface area (TPSA) is 55.8 Å². The molecule has 0 bridgehead atoms. The smallest absolute Gasteiger partial charge is 0.419 e. The van der Waals surface area contributed by atoms with Gasteiger partial charge in [-0.25, -0.2) is 9.18 Å². The molecule has 9 heteroatoms. The van der Waals surface area contributed by atoms with E-state index >= 15 is 0 Å². The predicted octanol–water partition coefficient (Wildman–Crippen LogP) is 6.67. The fraction of sp³-hybridized carbons (Fsp3) is 0.269. The number of fused-ring (bicyclic) bond motifs is 1. The summed E-state index contributed by atoms with van der Waals surface area (Å²) in [6.45, 7) is -0.474. The molecule has 1 aliphatic rings. The summed E-state index contributed by atoms with van der Waals surface area (Å²) in [6.07, 6.45) is -1.97. The average Bonchev–Trinajstić information content (AvgIpc) is 3.31. The molecule has 184 valence electrons. The van der Waals surface area contributed by atoms with E-state index < -0.39 is 23.5 Å². The zero-order valence-corrected chi connectivity index (χ0v) is 19.3. The number of carboxylic acid groups (broad SMARTS) is 1. The molecule has 0 aliphatic heterocycles. The van der Waals surface area contributed by atoms with E-state index in [9.17, 15) is 22.4 Å². The Morgan fingerprint density at radius 2 is 1.66 bits per heavy atom. The summed E-state index contributed by atoms with van der Waals surface area (Å²) in [5.74, 6) is -0.483. The molecule has 0 radical (unpaired) electrons. The molecule has 0 aromatic heterocycles. The van der Waals surface area contributed by atoms with Crippen molar-refractivity contribution in [1.82, 2.24) is 0 Å². The highest BCUT2D eigenvalue weighted by molar-refractivity contribution is 7.98. The Labute approximate surface area is 203 Å². The highest BCUT2D eigenvalue weighted by Crippen LogP contribution is 2.39. The minimum atomic E-state index is -4.76. The highest BCUT2D eigenvalue weighted by Gasteiger charge is 2.34. The van der Waals surface area contributed by atoms with Gasteiger partial charge in [-0.05, 0) is 77.9 Å². The first kappa shape index (κ1) is 24.9. The molecular weight excluding hydrogens is 484 g/mol. The summed E-state index contributed by atoms with van der Waals surface area (Å²) in [6, 6.07) is 13.9. The number of carboxylic acids is 1. The van der Waals surface area contributed by atoms with E-state index in [1.165, 1.54) is 11.6 Å². The van der Waals surface area contributed by atoms with Gasteiger partial charge in [-0.15, -0.1) is 11.8 Å². The van der Waals surface area contributed by atoms with Crippen LogP contribution in [0, 0.1) is 5.82 Å². The number of aliphatic carboxylic acids is 1. The number of rotatable bonds is 9. The monoisotopic (exact) mass is 506 g/mol. The second-order valence-electron chi connectivity index (χ2n) is 8.09. The van der Waals surface area contributed by atoms with E-state index in [0.717, 1.165) is 47.4 Å². The summed E-state index contributed by atoms with van der Waals surface area (Å²) in [4.78, 5) is 11.9. The van der Waals surface area contributed by atoms with Crippen molar-refractivity contribution in [3.05, 3.63) is 88.2 Å². The number of thioether (sulfide) groups is 1. The molecule has 4 nitrogen and oxygen atoms in total. The minimum absolute atomic E-state index is 0.111. The van der Waals surface area contributed by atoms with Gasteiger partial charge in [0.25, 0.3) is 0 Å². The number of alkyl halides is 3. The zero-order chi connectivity index (χ0) is 25.0. The van der Waals surface area contributed by atoms with Crippen LogP contribution in [0.1, 0.15) is 34.2 Å². The van der Waals surface area contributed by atoms with Gasteiger partial charge < -0.3 is 14.6 Å². The van der Waals surface area contributed by atoms with Crippen LogP contribution in [0.5, 0.6) is 11.5 Å². The molecule has 1 aliphatic carbocycles. The average molecular weight is 507 g/mol. The molecular formula is C26H22F4O4S. The van der Waals surface area contributed by atoms with Crippen molar-refractivity contribution in [2.75, 3.05) is 6.61 Å². The summed E-state index contributed by atoms with van der Waals surface area (Å²) in [5.41, 5.74) is 2.24. The third kappa shape index (κ3) is 6.28. The van der Waals surface area contributed by atoms with Crippen LogP contribution >= 0.6 is 11.8 Å². The van der Waals surface area contributed by atoms with Crippen molar-refractivity contribution in [1.29, 1.82) is 0 Å². The summed E-state index contributed by atoms with van der Waals surface area (Å²) < 4.78 is 63.1.